The van der Waals surface area contributed by atoms with Crippen LogP contribution in [-0.4, -0.2) is 42.0 Å². The highest BCUT2D eigenvalue weighted by Gasteiger charge is 2.31. The number of hydrogen-bond acceptors (Lipinski definition) is 3. The molecule has 0 radical (unpaired) electrons. The Balaban J connectivity index is 0.00000289. The number of nitrogens with one attached hydrogen (secondary N) is 1. The maximum atomic E-state index is 12.1. The van der Waals surface area contributed by atoms with Crippen LogP contribution in [0.4, 0.5) is 4.79 Å². The fraction of sp³-hybridized carbons (Fsp3) is 0.818. The average Bonchev–Trinajstić information content (AvgIpc) is 2.27. The number of nitrogens with zero attached hydrogens (tertiary/aromatic N) is 1. The zero-order valence-corrected chi connectivity index (χ0v) is 11.7. The Labute approximate surface area is 114 Å². The van der Waals surface area contributed by atoms with Crippen LogP contribution in [0.2, 0.25) is 0 Å². The largest absolute Gasteiger partial charge is 0.352 e. The Hall–Kier alpha value is -1.01. The molecule has 5 N–H and O–H groups in total. The van der Waals surface area contributed by atoms with Crippen molar-refractivity contribution in [1.29, 1.82) is 0 Å². The van der Waals surface area contributed by atoms with Crippen LogP contribution >= 0.6 is 12.4 Å². The van der Waals surface area contributed by atoms with Gasteiger partial charge in [-0.25, -0.2) is 4.79 Å². The van der Waals surface area contributed by atoms with Gasteiger partial charge in [0.15, 0.2) is 0 Å². The summed E-state index contributed by atoms with van der Waals surface area (Å²) in [4.78, 5) is 24.6. The van der Waals surface area contributed by atoms with E-state index in [4.69, 9.17) is 11.5 Å². The Morgan fingerprint density at radius 2 is 2.11 bits per heavy atom. The maximum Gasteiger partial charge on any atom is 0.312 e. The van der Waals surface area contributed by atoms with Crippen LogP contribution in [0.25, 0.3) is 0 Å². The molecular formula is C11H23ClN4O2. The highest BCUT2D eigenvalue weighted by molar-refractivity contribution is 5.86. The quantitative estimate of drug-likeness (QED) is 0.680. The third-order valence-corrected chi connectivity index (χ3v) is 3.26. The summed E-state index contributed by atoms with van der Waals surface area (Å²) in [6, 6.07) is -1.20. The minimum atomic E-state index is -0.680. The van der Waals surface area contributed by atoms with Crippen LogP contribution in [0.15, 0.2) is 0 Å². The van der Waals surface area contributed by atoms with Crippen molar-refractivity contribution in [2.45, 2.75) is 38.8 Å². The van der Waals surface area contributed by atoms with Gasteiger partial charge in [0.25, 0.3) is 0 Å². The summed E-state index contributed by atoms with van der Waals surface area (Å²) in [5.41, 5.74) is 10.7. The molecule has 18 heavy (non-hydrogen) atoms. The Morgan fingerprint density at radius 3 is 2.61 bits per heavy atom. The number of piperidine rings is 1. The summed E-state index contributed by atoms with van der Waals surface area (Å²) >= 11 is 0. The molecule has 1 rings (SSSR count). The molecule has 3 amide bonds. The van der Waals surface area contributed by atoms with E-state index < -0.39 is 12.1 Å². The number of carbonyl (C=O) groups excluding carboxylic acids is 2. The lowest BCUT2D eigenvalue weighted by Gasteiger charge is -2.39. The molecule has 0 spiro atoms. The van der Waals surface area contributed by atoms with Crippen LogP contribution in [0, 0.1) is 5.92 Å². The molecule has 3 atom stereocenters. The number of nitrogens with two attached hydrogens (primary N) is 2. The number of carbonyl (C=O) groups is 2. The van der Waals surface area contributed by atoms with Gasteiger partial charge in [0, 0.05) is 19.1 Å². The number of primary amides is 1. The van der Waals surface area contributed by atoms with Crippen LogP contribution in [-0.2, 0) is 4.79 Å². The molecule has 1 aliphatic rings. The Morgan fingerprint density at radius 1 is 1.50 bits per heavy atom. The van der Waals surface area contributed by atoms with E-state index in [2.05, 4.69) is 12.2 Å². The number of hydrogen-bond donors (Lipinski definition) is 3. The topological polar surface area (TPSA) is 101 Å². The van der Waals surface area contributed by atoms with Gasteiger partial charge in [0.1, 0.15) is 6.04 Å². The molecule has 6 nitrogen and oxygen atoms in total. The van der Waals surface area contributed by atoms with Crippen molar-refractivity contribution < 1.29 is 9.59 Å². The molecule has 0 saturated carbocycles. The second kappa shape index (κ2) is 7.43. The van der Waals surface area contributed by atoms with E-state index >= 15 is 0 Å². The number of amides is 3. The molecule has 0 aliphatic carbocycles. The van der Waals surface area contributed by atoms with E-state index in [9.17, 15) is 9.59 Å². The highest BCUT2D eigenvalue weighted by Crippen LogP contribution is 2.22. The van der Waals surface area contributed by atoms with Gasteiger partial charge in [-0.15, -0.1) is 12.4 Å². The minimum Gasteiger partial charge on any atom is -0.352 e. The van der Waals surface area contributed by atoms with E-state index in [1.807, 2.05) is 0 Å². The van der Waals surface area contributed by atoms with E-state index in [-0.39, 0.29) is 24.4 Å². The van der Waals surface area contributed by atoms with Gasteiger partial charge in [-0.1, -0.05) is 6.92 Å². The van der Waals surface area contributed by atoms with Gasteiger partial charge in [-0.3, -0.25) is 4.79 Å². The lowest BCUT2D eigenvalue weighted by Crippen LogP contribution is -2.55. The summed E-state index contributed by atoms with van der Waals surface area (Å²) in [7, 11) is 0. The molecule has 1 heterocycles. The van der Waals surface area contributed by atoms with Crippen LogP contribution < -0.4 is 16.8 Å². The van der Waals surface area contributed by atoms with Gasteiger partial charge in [0.05, 0.1) is 0 Å². The standard InChI is InChI=1S/C11H22N4O2.ClH/c1-7-3-4-15(9(5-7)6-12)10(16)8(2)14-11(13)17;/h7-9H,3-6,12H2,1-2H3,(H3,13,14,17);1H. The van der Waals surface area contributed by atoms with E-state index in [0.29, 0.717) is 19.0 Å². The van der Waals surface area contributed by atoms with Gasteiger partial charge < -0.3 is 21.7 Å². The molecule has 0 aromatic carbocycles. The molecule has 0 bridgehead atoms. The Kier molecular flexibility index (Phi) is 7.01. The SMILES string of the molecule is CC1CCN(C(=O)C(C)NC(N)=O)C(CN)C1.Cl. The summed E-state index contributed by atoms with van der Waals surface area (Å²) in [5.74, 6) is 0.484. The van der Waals surface area contributed by atoms with E-state index in [1.165, 1.54) is 0 Å². The maximum absolute atomic E-state index is 12.1. The molecule has 0 aromatic rings. The lowest BCUT2D eigenvalue weighted by atomic mass is 9.92. The first-order chi connectivity index (χ1) is 7.95. The molecule has 1 fully saturated rings. The fourth-order valence-corrected chi connectivity index (χ4v) is 2.29. The Bertz CT molecular complexity index is 301. The van der Waals surface area contributed by atoms with Crippen LogP contribution in [0.3, 0.4) is 0 Å². The van der Waals surface area contributed by atoms with Crippen molar-refractivity contribution in [1.82, 2.24) is 10.2 Å². The second-order valence-electron chi connectivity index (χ2n) is 4.78. The summed E-state index contributed by atoms with van der Waals surface area (Å²) in [6.07, 6.45) is 1.90. The number of likely N-dealkylation sites (tertiary alicyclic amines) is 1. The van der Waals surface area contributed by atoms with Crippen molar-refractivity contribution >= 4 is 24.3 Å². The minimum absolute atomic E-state index is 0. The highest BCUT2D eigenvalue weighted by atomic mass is 35.5. The van der Waals surface area contributed by atoms with Crippen molar-refractivity contribution in [3.63, 3.8) is 0 Å². The summed E-state index contributed by atoms with van der Waals surface area (Å²) < 4.78 is 0. The molecule has 7 heteroatoms. The third kappa shape index (κ3) is 4.34. The zero-order chi connectivity index (χ0) is 13.0. The van der Waals surface area contributed by atoms with Gasteiger partial charge in [-0.2, -0.15) is 0 Å². The zero-order valence-electron chi connectivity index (χ0n) is 10.9. The van der Waals surface area contributed by atoms with Crippen LogP contribution in [0.1, 0.15) is 26.7 Å². The predicted octanol–water partition coefficient (Wildman–Crippen LogP) is 0.0508. The molecule has 1 saturated heterocycles. The van der Waals surface area contributed by atoms with Crippen molar-refractivity contribution in [2.75, 3.05) is 13.1 Å². The predicted molar refractivity (Wildman–Crippen MR) is 72.4 cm³/mol. The number of halogens is 1. The van der Waals surface area contributed by atoms with Gasteiger partial charge in [0.2, 0.25) is 5.91 Å². The van der Waals surface area contributed by atoms with E-state index in [0.717, 1.165) is 12.8 Å². The monoisotopic (exact) mass is 278 g/mol. The van der Waals surface area contributed by atoms with Crippen molar-refractivity contribution in [3.05, 3.63) is 0 Å². The third-order valence-electron chi connectivity index (χ3n) is 3.26. The van der Waals surface area contributed by atoms with Gasteiger partial charge >= 0.3 is 6.03 Å². The first-order valence-corrected chi connectivity index (χ1v) is 6.02. The normalized spacial score (nSPS) is 24.9. The van der Waals surface area contributed by atoms with Gasteiger partial charge in [-0.05, 0) is 25.7 Å². The molecule has 1 aliphatic heterocycles. The molecule has 106 valence electrons. The lowest BCUT2D eigenvalue weighted by molar-refractivity contribution is -0.136. The number of urea groups is 1. The van der Waals surface area contributed by atoms with Crippen LogP contribution in [0.5, 0.6) is 0 Å². The first kappa shape index (κ1) is 17.0. The van der Waals surface area contributed by atoms with Crippen molar-refractivity contribution in [2.24, 2.45) is 17.4 Å². The second-order valence-corrected chi connectivity index (χ2v) is 4.78. The molecule has 0 aromatic heterocycles. The smallest absolute Gasteiger partial charge is 0.312 e. The van der Waals surface area contributed by atoms with E-state index in [1.54, 1.807) is 11.8 Å². The molecule has 3 unspecified atom stereocenters. The summed E-state index contributed by atoms with van der Waals surface area (Å²) in [6.45, 7) is 4.96. The first-order valence-electron chi connectivity index (χ1n) is 6.02. The average molecular weight is 279 g/mol. The fourth-order valence-electron chi connectivity index (χ4n) is 2.29. The molecular weight excluding hydrogens is 256 g/mol. The number of rotatable bonds is 3. The summed E-state index contributed by atoms with van der Waals surface area (Å²) in [5, 5.41) is 2.40. The van der Waals surface area contributed by atoms with Crippen molar-refractivity contribution in [3.8, 4) is 0 Å².